The van der Waals surface area contributed by atoms with E-state index in [9.17, 15) is 0 Å². The van der Waals surface area contributed by atoms with Gasteiger partial charge in [-0.15, -0.1) is 10.2 Å². The Bertz CT molecular complexity index is 815. The van der Waals surface area contributed by atoms with Crippen molar-refractivity contribution in [2.45, 2.75) is 40.2 Å². The second-order valence-electron chi connectivity index (χ2n) is 6.29. The van der Waals surface area contributed by atoms with E-state index in [1.807, 2.05) is 52.8 Å². The zero-order valence-corrected chi connectivity index (χ0v) is 13.5. The van der Waals surface area contributed by atoms with Crippen LogP contribution in [0.5, 0.6) is 5.88 Å². The lowest BCUT2D eigenvalue weighted by Crippen LogP contribution is -2.23. The van der Waals surface area contributed by atoms with Crippen LogP contribution >= 0.6 is 0 Å². The smallest absolute Gasteiger partial charge is 0.213 e. The van der Waals surface area contributed by atoms with E-state index in [1.54, 1.807) is 10.7 Å². The second kappa shape index (κ2) is 5.05. The topological polar surface area (TPSA) is 65.2 Å². The average molecular weight is 297 g/mol. The summed E-state index contributed by atoms with van der Waals surface area (Å²) in [6.07, 6.45) is 1.78. The maximum absolute atomic E-state index is 5.74. The van der Waals surface area contributed by atoms with Crippen molar-refractivity contribution in [1.29, 1.82) is 0 Å². The van der Waals surface area contributed by atoms with E-state index in [-0.39, 0.29) is 5.60 Å². The van der Waals surface area contributed by atoms with Gasteiger partial charge in [0.15, 0.2) is 11.5 Å². The van der Waals surface area contributed by atoms with Gasteiger partial charge in [-0.05, 0) is 52.3 Å². The Labute approximate surface area is 129 Å². The predicted molar refractivity (Wildman–Crippen MR) is 83.9 cm³/mol. The Hall–Kier alpha value is -2.50. The predicted octanol–water partition coefficient (Wildman–Crippen LogP) is 2.98. The van der Waals surface area contributed by atoms with Gasteiger partial charge >= 0.3 is 0 Å². The highest BCUT2D eigenvalue weighted by atomic mass is 16.5. The average Bonchev–Trinajstić information content (AvgIpc) is 2.78. The van der Waals surface area contributed by atoms with Crippen molar-refractivity contribution in [3.8, 4) is 17.1 Å². The Morgan fingerprint density at radius 1 is 1.09 bits per heavy atom. The molecule has 3 rings (SSSR count). The van der Waals surface area contributed by atoms with Gasteiger partial charge < -0.3 is 4.74 Å². The molecule has 0 aromatic carbocycles. The fourth-order valence-corrected chi connectivity index (χ4v) is 2.21. The van der Waals surface area contributed by atoms with Gasteiger partial charge in [-0.3, -0.25) is 0 Å². The molecule has 0 unspecified atom stereocenters. The Kier molecular flexibility index (Phi) is 3.31. The largest absolute Gasteiger partial charge is 0.472 e. The first-order valence-electron chi connectivity index (χ1n) is 7.18. The molecule has 0 amide bonds. The summed E-state index contributed by atoms with van der Waals surface area (Å²) in [5.74, 6) is 1.37. The number of hydrogen-bond acceptors (Lipinski definition) is 5. The van der Waals surface area contributed by atoms with E-state index in [2.05, 4.69) is 20.3 Å². The monoisotopic (exact) mass is 297 g/mol. The number of hydrogen-bond donors (Lipinski definition) is 0. The van der Waals surface area contributed by atoms with Gasteiger partial charge in [-0.1, -0.05) is 0 Å². The van der Waals surface area contributed by atoms with Crippen molar-refractivity contribution in [2.24, 2.45) is 0 Å². The zero-order valence-electron chi connectivity index (χ0n) is 13.5. The van der Waals surface area contributed by atoms with Crippen molar-refractivity contribution in [3.05, 3.63) is 35.8 Å². The minimum absolute atomic E-state index is 0.263. The molecule has 3 heterocycles. The summed E-state index contributed by atoms with van der Waals surface area (Å²) in [6, 6.07) is 5.81. The molecular weight excluding hydrogens is 278 g/mol. The lowest BCUT2D eigenvalue weighted by atomic mass is 10.1. The van der Waals surface area contributed by atoms with Gasteiger partial charge in [0.1, 0.15) is 5.60 Å². The van der Waals surface area contributed by atoms with E-state index in [0.717, 1.165) is 28.3 Å². The van der Waals surface area contributed by atoms with Crippen LogP contribution in [0.2, 0.25) is 0 Å². The summed E-state index contributed by atoms with van der Waals surface area (Å²) >= 11 is 0. The van der Waals surface area contributed by atoms with Crippen LogP contribution in [0.3, 0.4) is 0 Å². The number of aromatic nitrogens is 5. The lowest BCUT2D eigenvalue weighted by molar-refractivity contribution is 0.124. The fourth-order valence-electron chi connectivity index (χ4n) is 2.21. The standard InChI is InChI=1S/C16H19N5O/c1-10-8-13-19-18-11(2)21(13)20-15(10)12-6-7-14(17-9-12)22-16(3,4)5/h6-9H,1-5H3. The molecule has 0 saturated heterocycles. The van der Waals surface area contributed by atoms with Crippen molar-refractivity contribution < 1.29 is 4.74 Å². The minimum atomic E-state index is -0.263. The molecule has 114 valence electrons. The molecular formula is C16H19N5O. The molecule has 0 atom stereocenters. The van der Waals surface area contributed by atoms with E-state index in [4.69, 9.17) is 4.74 Å². The summed E-state index contributed by atoms with van der Waals surface area (Å²) < 4.78 is 7.48. The molecule has 22 heavy (non-hydrogen) atoms. The highest BCUT2D eigenvalue weighted by Gasteiger charge is 2.14. The third kappa shape index (κ3) is 2.77. The molecule has 0 radical (unpaired) electrons. The maximum atomic E-state index is 5.74. The third-order valence-corrected chi connectivity index (χ3v) is 3.16. The number of ether oxygens (including phenoxy) is 1. The van der Waals surface area contributed by atoms with Crippen LogP contribution in [0.15, 0.2) is 24.4 Å². The van der Waals surface area contributed by atoms with Gasteiger partial charge in [-0.25, -0.2) is 4.98 Å². The van der Waals surface area contributed by atoms with E-state index < -0.39 is 0 Å². The van der Waals surface area contributed by atoms with Crippen LogP contribution < -0.4 is 4.74 Å². The molecule has 0 aliphatic carbocycles. The van der Waals surface area contributed by atoms with Crippen LogP contribution in [-0.2, 0) is 0 Å². The first-order valence-corrected chi connectivity index (χ1v) is 7.18. The van der Waals surface area contributed by atoms with Crippen LogP contribution in [0.25, 0.3) is 16.9 Å². The number of nitrogens with zero attached hydrogens (tertiary/aromatic N) is 5. The molecule has 0 bridgehead atoms. The highest BCUT2D eigenvalue weighted by Crippen LogP contribution is 2.24. The number of rotatable bonds is 2. The summed E-state index contributed by atoms with van der Waals surface area (Å²) in [4.78, 5) is 4.37. The van der Waals surface area contributed by atoms with Crippen LogP contribution in [0, 0.1) is 13.8 Å². The molecule has 6 nitrogen and oxygen atoms in total. The second-order valence-corrected chi connectivity index (χ2v) is 6.29. The molecule has 3 aromatic heterocycles. The highest BCUT2D eigenvalue weighted by molar-refractivity contribution is 5.63. The van der Waals surface area contributed by atoms with E-state index in [0.29, 0.717) is 5.88 Å². The van der Waals surface area contributed by atoms with Crippen LogP contribution in [0.4, 0.5) is 0 Å². The number of aryl methyl sites for hydroxylation is 2. The van der Waals surface area contributed by atoms with E-state index >= 15 is 0 Å². The third-order valence-electron chi connectivity index (χ3n) is 3.16. The summed E-state index contributed by atoms with van der Waals surface area (Å²) in [5.41, 5.74) is 3.32. The lowest BCUT2D eigenvalue weighted by Gasteiger charge is -2.20. The van der Waals surface area contributed by atoms with Gasteiger partial charge in [0.05, 0.1) is 5.69 Å². The summed E-state index contributed by atoms with van der Waals surface area (Å²) in [6.45, 7) is 9.88. The van der Waals surface area contributed by atoms with Crippen molar-refractivity contribution >= 4 is 5.65 Å². The Balaban J connectivity index is 2.00. The van der Waals surface area contributed by atoms with Crippen molar-refractivity contribution in [2.75, 3.05) is 0 Å². The fraction of sp³-hybridized carbons (Fsp3) is 0.375. The normalized spacial score (nSPS) is 11.9. The van der Waals surface area contributed by atoms with Crippen LogP contribution in [0.1, 0.15) is 32.2 Å². The first-order chi connectivity index (χ1) is 10.3. The molecule has 0 aliphatic rings. The summed E-state index contributed by atoms with van der Waals surface area (Å²) in [5, 5.41) is 12.7. The van der Waals surface area contributed by atoms with Crippen molar-refractivity contribution in [1.82, 2.24) is 24.8 Å². The molecule has 6 heteroatoms. The van der Waals surface area contributed by atoms with Gasteiger partial charge in [0, 0.05) is 17.8 Å². The molecule has 0 aliphatic heterocycles. The van der Waals surface area contributed by atoms with Crippen molar-refractivity contribution in [3.63, 3.8) is 0 Å². The number of pyridine rings is 1. The Morgan fingerprint density at radius 2 is 1.86 bits per heavy atom. The molecule has 0 fully saturated rings. The summed E-state index contributed by atoms with van der Waals surface area (Å²) in [7, 11) is 0. The minimum Gasteiger partial charge on any atom is -0.472 e. The van der Waals surface area contributed by atoms with E-state index in [1.165, 1.54) is 0 Å². The molecule has 0 saturated carbocycles. The van der Waals surface area contributed by atoms with Crippen LogP contribution in [-0.4, -0.2) is 30.4 Å². The van der Waals surface area contributed by atoms with Gasteiger partial charge in [0.2, 0.25) is 5.88 Å². The molecule has 0 N–H and O–H groups in total. The number of fused-ring (bicyclic) bond motifs is 1. The quantitative estimate of drug-likeness (QED) is 0.727. The molecule has 3 aromatic rings. The first kappa shape index (κ1) is 14.4. The Morgan fingerprint density at radius 3 is 2.50 bits per heavy atom. The molecule has 0 spiro atoms. The maximum Gasteiger partial charge on any atom is 0.213 e. The SMILES string of the molecule is Cc1cc2nnc(C)n2nc1-c1ccc(OC(C)(C)C)nc1. The van der Waals surface area contributed by atoms with Gasteiger partial charge in [-0.2, -0.15) is 9.61 Å². The van der Waals surface area contributed by atoms with Gasteiger partial charge in [0.25, 0.3) is 0 Å². The zero-order chi connectivity index (χ0) is 15.9.